The van der Waals surface area contributed by atoms with Gasteiger partial charge in [-0.3, -0.25) is 0 Å². The summed E-state index contributed by atoms with van der Waals surface area (Å²) in [4.78, 5) is 4.48. The van der Waals surface area contributed by atoms with Crippen LogP contribution in [0, 0.1) is 17.8 Å². The molecule has 2 saturated carbocycles. The van der Waals surface area contributed by atoms with Crippen LogP contribution in [0.25, 0.3) is 0 Å². The van der Waals surface area contributed by atoms with Crippen LogP contribution >= 0.6 is 0 Å². The van der Waals surface area contributed by atoms with Crippen LogP contribution in [0.4, 0.5) is 0 Å². The third-order valence-corrected chi connectivity index (χ3v) is 4.94. The highest BCUT2D eigenvalue weighted by molar-refractivity contribution is 5.08. The van der Waals surface area contributed by atoms with E-state index in [4.69, 9.17) is 0 Å². The number of rotatable bonds is 6. The summed E-state index contributed by atoms with van der Waals surface area (Å²) in [5, 5.41) is 8.06. The molecule has 0 aliphatic heterocycles. The van der Waals surface area contributed by atoms with Gasteiger partial charge >= 0.3 is 0 Å². The van der Waals surface area contributed by atoms with Gasteiger partial charge in [-0.05, 0) is 51.0 Å². The van der Waals surface area contributed by atoms with E-state index in [1.807, 2.05) is 0 Å². The molecule has 0 radical (unpaired) electrons. The first-order chi connectivity index (χ1) is 9.22. The maximum absolute atomic E-state index is 4.48. The topological polar surface area (TPSA) is 42.7 Å². The van der Waals surface area contributed by atoms with E-state index < -0.39 is 0 Å². The molecular formula is C15H26N4. The standard InChI is InChI=1S/C15H26N4/c1-4-16-13(15-11-6-5-7-12(11)15)8-14-17-9-18-19(14)10(2)3/h9-13,15-16H,4-8H2,1-3H3. The SMILES string of the molecule is CCNC(Cc1ncnn1C(C)C)C1C2CCCC21. The first-order valence-corrected chi connectivity index (χ1v) is 7.84. The van der Waals surface area contributed by atoms with Crippen molar-refractivity contribution in [3.63, 3.8) is 0 Å². The summed E-state index contributed by atoms with van der Waals surface area (Å²) in [5.74, 6) is 4.04. The summed E-state index contributed by atoms with van der Waals surface area (Å²) in [6.45, 7) is 7.60. The van der Waals surface area contributed by atoms with Crippen molar-refractivity contribution >= 4 is 0 Å². The zero-order valence-corrected chi connectivity index (χ0v) is 12.3. The second-order valence-corrected chi connectivity index (χ2v) is 6.42. The second-order valence-electron chi connectivity index (χ2n) is 6.42. The van der Waals surface area contributed by atoms with E-state index in [0.717, 1.165) is 36.5 Å². The maximum atomic E-state index is 4.48. The smallest absolute Gasteiger partial charge is 0.138 e. The average molecular weight is 262 g/mol. The van der Waals surface area contributed by atoms with Gasteiger partial charge in [-0.15, -0.1) is 0 Å². The Kier molecular flexibility index (Phi) is 3.61. The summed E-state index contributed by atoms with van der Waals surface area (Å²) in [7, 11) is 0. The lowest BCUT2D eigenvalue weighted by molar-refractivity contribution is 0.390. The first kappa shape index (κ1) is 13.1. The lowest BCUT2D eigenvalue weighted by Gasteiger charge is -2.20. The highest BCUT2D eigenvalue weighted by Gasteiger charge is 2.55. The Labute approximate surface area is 116 Å². The quantitative estimate of drug-likeness (QED) is 0.856. The Morgan fingerprint density at radius 1 is 1.37 bits per heavy atom. The lowest BCUT2D eigenvalue weighted by atomic mass is 10.0. The second kappa shape index (κ2) is 5.23. The molecule has 2 aliphatic rings. The van der Waals surface area contributed by atoms with Crippen molar-refractivity contribution in [1.29, 1.82) is 0 Å². The molecule has 0 amide bonds. The van der Waals surface area contributed by atoms with Crippen LogP contribution in [-0.2, 0) is 6.42 Å². The van der Waals surface area contributed by atoms with E-state index in [9.17, 15) is 0 Å². The molecule has 1 N–H and O–H groups in total. The molecule has 2 fully saturated rings. The van der Waals surface area contributed by atoms with Crippen LogP contribution in [-0.4, -0.2) is 27.4 Å². The molecule has 3 unspecified atom stereocenters. The predicted octanol–water partition coefficient (Wildman–Crippen LogP) is 2.43. The highest BCUT2D eigenvalue weighted by atomic mass is 15.3. The minimum Gasteiger partial charge on any atom is -0.314 e. The Bertz CT molecular complexity index is 416. The zero-order chi connectivity index (χ0) is 13.4. The van der Waals surface area contributed by atoms with E-state index in [0.29, 0.717) is 12.1 Å². The summed E-state index contributed by atoms with van der Waals surface area (Å²) in [6.07, 6.45) is 7.09. The van der Waals surface area contributed by atoms with Crippen LogP contribution in [0.5, 0.6) is 0 Å². The van der Waals surface area contributed by atoms with Crippen LogP contribution in [0.1, 0.15) is 51.9 Å². The average Bonchev–Trinajstić information content (AvgIpc) is 2.80. The number of hydrogen-bond acceptors (Lipinski definition) is 3. The summed E-state index contributed by atoms with van der Waals surface area (Å²) >= 11 is 0. The number of nitrogens with zero attached hydrogens (tertiary/aromatic N) is 3. The molecule has 0 saturated heterocycles. The van der Waals surface area contributed by atoms with Crippen molar-refractivity contribution < 1.29 is 0 Å². The van der Waals surface area contributed by atoms with Crippen LogP contribution in [0.2, 0.25) is 0 Å². The molecule has 1 heterocycles. The molecule has 3 atom stereocenters. The van der Waals surface area contributed by atoms with Gasteiger partial charge < -0.3 is 5.32 Å². The van der Waals surface area contributed by atoms with Crippen molar-refractivity contribution in [1.82, 2.24) is 20.1 Å². The number of hydrogen-bond donors (Lipinski definition) is 1. The third-order valence-electron chi connectivity index (χ3n) is 4.94. The summed E-state index contributed by atoms with van der Waals surface area (Å²) < 4.78 is 2.07. The largest absolute Gasteiger partial charge is 0.314 e. The van der Waals surface area contributed by atoms with Crippen molar-refractivity contribution in [3.05, 3.63) is 12.2 Å². The van der Waals surface area contributed by atoms with Gasteiger partial charge in [0.2, 0.25) is 0 Å². The summed E-state index contributed by atoms with van der Waals surface area (Å²) in [6, 6.07) is 1.00. The normalized spacial score (nSPS) is 30.6. The fourth-order valence-electron chi connectivity index (χ4n) is 4.13. The lowest BCUT2D eigenvalue weighted by Crippen LogP contribution is -2.35. The van der Waals surface area contributed by atoms with Crippen LogP contribution in [0.15, 0.2) is 6.33 Å². The Morgan fingerprint density at radius 2 is 2.11 bits per heavy atom. The first-order valence-electron chi connectivity index (χ1n) is 7.84. The minimum atomic E-state index is 0.401. The van der Waals surface area contributed by atoms with Gasteiger partial charge in [-0.2, -0.15) is 5.10 Å². The number of nitrogens with one attached hydrogen (secondary N) is 1. The predicted molar refractivity (Wildman–Crippen MR) is 75.9 cm³/mol. The number of likely N-dealkylation sites (N-methyl/N-ethyl adjacent to an activating group) is 1. The van der Waals surface area contributed by atoms with Gasteiger partial charge in [-0.25, -0.2) is 9.67 Å². The molecule has 4 heteroatoms. The van der Waals surface area contributed by atoms with Crippen LogP contribution in [0.3, 0.4) is 0 Å². The number of fused-ring (bicyclic) bond motifs is 1. The van der Waals surface area contributed by atoms with Gasteiger partial charge in [0.1, 0.15) is 12.2 Å². The molecule has 3 rings (SSSR count). The fraction of sp³-hybridized carbons (Fsp3) is 0.867. The maximum Gasteiger partial charge on any atom is 0.138 e. The molecule has 1 aromatic rings. The molecule has 4 nitrogen and oxygen atoms in total. The van der Waals surface area contributed by atoms with Gasteiger partial charge in [0, 0.05) is 18.5 Å². The van der Waals surface area contributed by atoms with Crippen molar-refractivity contribution in [2.24, 2.45) is 17.8 Å². The highest BCUT2D eigenvalue weighted by Crippen LogP contribution is 2.59. The van der Waals surface area contributed by atoms with Crippen molar-refractivity contribution in [2.45, 2.75) is 58.5 Å². The van der Waals surface area contributed by atoms with E-state index in [-0.39, 0.29) is 0 Å². The monoisotopic (exact) mass is 262 g/mol. The van der Waals surface area contributed by atoms with Gasteiger partial charge in [0.25, 0.3) is 0 Å². The van der Waals surface area contributed by atoms with Crippen molar-refractivity contribution in [2.75, 3.05) is 6.54 Å². The molecule has 0 aromatic carbocycles. The van der Waals surface area contributed by atoms with Crippen molar-refractivity contribution in [3.8, 4) is 0 Å². The van der Waals surface area contributed by atoms with E-state index >= 15 is 0 Å². The minimum absolute atomic E-state index is 0.401. The Balaban J connectivity index is 1.69. The molecule has 2 aliphatic carbocycles. The molecule has 0 spiro atoms. The van der Waals surface area contributed by atoms with Gasteiger partial charge in [-0.1, -0.05) is 13.3 Å². The zero-order valence-electron chi connectivity index (χ0n) is 12.3. The molecule has 19 heavy (non-hydrogen) atoms. The van der Waals surface area contributed by atoms with E-state index in [2.05, 4.69) is 40.9 Å². The van der Waals surface area contributed by atoms with Gasteiger partial charge in [0.15, 0.2) is 0 Å². The van der Waals surface area contributed by atoms with Crippen LogP contribution < -0.4 is 5.32 Å². The van der Waals surface area contributed by atoms with Gasteiger partial charge in [0.05, 0.1) is 0 Å². The fourth-order valence-corrected chi connectivity index (χ4v) is 4.13. The van der Waals surface area contributed by atoms with E-state index in [1.54, 1.807) is 6.33 Å². The Hall–Kier alpha value is -0.900. The van der Waals surface area contributed by atoms with E-state index in [1.165, 1.54) is 19.3 Å². The summed E-state index contributed by atoms with van der Waals surface area (Å²) in [5.41, 5.74) is 0. The Morgan fingerprint density at radius 3 is 2.74 bits per heavy atom. The number of aromatic nitrogens is 3. The molecular weight excluding hydrogens is 236 g/mol. The molecule has 106 valence electrons. The molecule has 1 aromatic heterocycles. The molecule has 0 bridgehead atoms. The third kappa shape index (κ3) is 2.42.